The third kappa shape index (κ3) is 3.71. The van der Waals surface area contributed by atoms with Crippen LogP contribution in [0.5, 0.6) is 17.2 Å². The second kappa shape index (κ2) is 8.11. The van der Waals surface area contributed by atoms with Crippen molar-refractivity contribution >= 4 is 5.91 Å². The Bertz CT molecular complexity index is 1060. The number of para-hydroxylation sites is 1. The summed E-state index contributed by atoms with van der Waals surface area (Å²) >= 11 is 0. The number of amides is 1. The Kier molecular flexibility index (Phi) is 5.01. The van der Waals surface area contributed by atoms with Gasteiger partial charge in [-0.15, -0.1) is 0 Å². The number of hydrogen-bond acceptors (Lipinski definition) is 4. The van der Waals surface area contributed by atoms with Gasteiger partial charge in [-0.3, -0.25) is 4.79 Å². The van der Waals surface area contributed by atoms with Gasteiger partial charge < -0.3 is 19.1 Å². The van der Waals surface area contributed by atoms with E-state index in [-0.39, 0.29) is 12.7 Å². The first-order valence-electron chi connectivity index (χ1n) is 10.2. The fraction of sp³-hybridized carbons (Fsp3) is 0.240. The summed E-state index contributed by atoms with van der Waals surface area (Å²) in [5, 5.41) is 0. The molecule has 30 heavy (non-hydrogen) atoms. The first-order chi connectivity index (χ1) is 14.8. The van der Waals surface area contributed by atoms with Crippen LogP contribution < -0.4 is 14.2 Å². The van der Waals surface area contributed by atoms with E-state index in [1.54, 1.807) is 0 Å². The molecular formula is C25H23NO4. The van der Waals surface area contributed by atoms with E-state index in [1.807, 2.05) is 59.5 Å². The van der Waals surface area contributed by atoms with Gasteiger partial charge in [0.05, 0.1) is 6.61 Å². The summed E-state index contributed by atoms with van der Waals surface area (Å²) in [6.07, 6.45) is 1.63. The zero-order valence-corrected chi connectivity index (χ0v) is 16.7. The molecule has 3 aromatic rings. The van der Waals surface area contributed by atoms with Gasteiger partial charge in [-0.05, 0) is 41.8 Å². The van der Waals surface area contributed by atoms with E-state index in [4.69, 9.17) is 14.2 Å². The molecule has 5 rings (SSSR count). The second-order valence-electron chi connectivity index (χ2n) is 7.53. The summed E-state index contributed by atoms with van der Waals surface area (Å²) in [4.78, 5) is 15.4. The van der Waals surface area contributed by atoms with Gasteiger partial charge in [-0.25, -0.2) is 0 Å². The minimum absolute atomic E-state index is 0.0112. The van der Waals surface area contributed by atoms with Crippen LogP contribution in [-0.4, -0.2) is 30.8 Å². The SMILES string of the molecule is O=C(c1ccc2c(c1)CCO2)N(CCc1ccccc1)Cc1cccc2c1OCO2. The van der Waals surface area contributed by atoms with Crippen LogP contribution in [0.1, 0.15) is 27.0 Å². The predicted molar refractivity (Wildman–Crippen MR) is 113 cm³/mol. The average Bonchev–Trinajstić information content (AvgIpc) is 3.46. The molecule has 5 nitrogen and oxygen atoms in total. The highest BCUT2D eigenvalue weighted by atomic mass is 16.7. The molecule has 2 aliphatic rings. The van der Waals surface area contributed by atoms with Gasteiger partial charge in [0.15, 0.2) is 11.5 Å². The van der Waals surface area contributed by atoms with E-state index in [2.05, 4.69) is 12.1 Å². The number of fused-ring (bicyclic) bond motifs is 2. The minimum atomic E-state index is 0.0112. The number of nitrogens with zero attached hydrogens (tertiary/aromatic N) is 1. The normalized spacial score (nSPS) is 13.6. The third-order valence-electron chi connectivity index (χ3n) is 5.58. The van der Waals surface area contributed by atoms with Crippen molar-refractivity contribution in [3.8, 4) is 17.2 Å². The largest absolute Gasteiger partial charge is 0.493 e. The van der Waals surface area contributed by atoms with Crippen LogP contribution in [0.15, 0.2) is 66.7 Å². The summed E-state index contributed by atoms with van der Waals surface area (Å²) in [6, 6.07) is 21.8. The van der Waals surface area contributed by atoms with Crippen LogP contribution in [0.2, 0.25) is 0 Å². The maximum Gasteiger partial charge on any atom is 0.254 e. The molecule has 1 amide bonds. The van der Waals surface area contributed by atoms with Crippen molar-refractivity contribution in [1.29, 1.82) is 0 Å². The van der Waals surface area contributed by atoms with E-state index in [9.17, 15) is 4.79 Å². The Morgan fingerprint density at radius 2 is 1.80 bits per heavy atom. The molecule has 0 spiro atoms. The topological polar surface area (TPSA) is 48.0 Å². The summed E-state index contributed by atoms with van der Waals surface area (Å²) < 4.78 is 16.8. The molecule has 0 fully saturated rings. The van der Waals surface area contributed by atoms with Crippen molar-refractivity contribution in [2.45, 2.75) is 19.4 Å². The van der Waals surface area contributed by atoms with Crippen LogP contribution in [0.3, 0.4) is 0 Å². The number of carbonyl (C=O) groups excluding carboxylic acids is 1. The van der Waals surface area contributed by atoms with E-state index in [1.165, 1.54) is 5.56 Å². The van der Waals surface area contributed by atoms with Crippen molar-refractivity contribution in [3.05, 3.63) is 89.0 Å². The lowest BCUT2D eigenvalue weighted by Crippen LogP contribution is -2.32. The minimum Gasteiger partial charge on any atom is -0.493 e. The highest BCUT2D eigenvalue weighted by Gasteiger charge is 2.23. The van der Waals surface area contributed by atoms with E-state index >= 15 is 0 Å². The van der Waals surface area contributed by atoms with E-state index < -0.39 is 0 Å². The zero-order valence-electron chi connectivity index (χ0n) is 16.7. The maximum absolute atomic E-state index is 13.5. The Hall–Kier alpha value is -3.47. The number of rotatable bonds is 6. The van der Waals surface area contributed by atoms with Crippen molar-refractivity contribution in [3.63, 3.8) is 0 Å². The molecule has 2 heterocycles. The number of hydrogen-bond donors (Lipinski definition) is 0. The van der Waals surface area contributed by atoms with Crippen LogP contribution in [0, 0.1) is 0 Å². The monoisotopic (exact) mass is 401 g/mol. The molecule has 0 aliphatic carbocycles. The Balaban J connectivity index is 1.42. The standard InChI is InChI=1S/C25H23NO4/c27-25(20-9-10-22-19(15-20)12-14-28-22)26(13-11-18-5-2-1-3-6-18)16-21-7-4-8-23-24(21)30-17-29-23/h1-10,15H,11-14,16-17H2. The van der Waals surface area contributed by atoms with Crippen molar-refractivity contribution < 1.29 is 19.0 Å². The van der Waals surface area contributed by atoms with Crippen molar-refractivity contribution in [2.24, 2.45) is 0 Å². The third-order valence-corrected chi connectivity index (χ3v) is 5.58. The molecule has 3 aromatic carbocycles. The molecule has 0 radical (unpaired) electrons. The van der Waals surface area contributed by atoms with Crippen molar-refractivity contribution in [1.82, 2.24) is 4.90 Å². The lowest BCUT2D eigenvalue weighted by molar-refractivity contribution is 0.0743. The van der Waals surface area contributed by atoms with Gasteiger partial charge in [-0.1, -0.05) is 42.5 Å². The maximum atomic E-state index is 13.5. The van der Waals surface area contributed by atoms with Gasteiger partial charge in [0.2, 0.25) is 6.79 Å². The fourth-order valence-corrected chi connectivity index (χ4v) is 3.98. The molecule has 5 heteroatoms. The fourth-order valence-electron chi connectivity index (χ4n) is 3.98. The molecule has 0 unspecified atom stereocenters. The summed E-state index contributed by atoms with van der Waals surface area (Å²) in [5.41, 5.74) is 3.95. The number of benzene rings is 3. The molecular weight excluding hydrogens is 378 g/mol. The van der Waals surface area contributed by atoms with Crippen LogP contribution in [0.25, 0.3) is 0 Å². The van der Waals surface area contributed by atoms with Gasteiger partial charge in [0.1, 0.15) is 5.75 Å². The summed E-state index contributed by atoms with van der Waals surface area (Å²) in [6.45, 7) is 1.97. The van der Waals surface area contributed by atoms with Gasteiger partial charge in [0.25, 0.3) is 5.91 Å². The quantitative estimate of drug-likeness (QED) is 0.620. The summed E-state index contributed by atoms with van der Waals surface area (Å²) in [5.74, 6) is 2.36. The van der Waals surface area contributed by atoms with Gasteiger partial charge in [0, 0.05) is 30.6 Å². The van der Waals surface area contributed by atoms with Crippen LogP contribution in [0.4, 0.5) is 0 Å². The van der Waals surface area contributed by atoms with Gasteiger partial charge >= 0.3 is 0 Å². The van der Waals surface area contributed by atoms with Gasteiger partial charge in [-0.2, -0.15) is 0 Å². The first kappa shape index (κ1) is 18.6. The molecule has 0 aromatic heterocycles. The highest BCUT2D eigenvalue weighted by molar-refractivity contribution is 5.94. The Morgan fingerprint density at radius 1 is 0.900 bits per heavy atom. The average molecular weight is 401 g/mol. The highest BCUT2D eigenvalue weighted by Crippen LogP contribution is 2.36. The molecule has 0 atom stereocenters. The van der Waals surface area contributed by atoms with Crippen LogP contribution in [-0.2, 0) is 19.4 Å². The predicted octanol–water partition coefficient (Wildman–Crippen LogP) is 4.24. The lowest BCUT2D eigenvalue weighted by atomic mass is 10.1. The first-order valence-corrected chi connectivity index (χ1v) is 10.2. The van der Waals surface area contributed by atoms with E-state index in [0.717, 1.165) is 41.2 Å². The number of ether oxygens (including phenoxy) is 3. The second-order valence-corrected chi connectivity index (χ2v) is 7.53. The molecule has 152 valence electrons. The summed E-state index contributed by atoms with van der Waals surface area (Å²) in [7, 11) is 0. The Morgan fingerprint density at radius 3 is 2.70 bits per heavy atom. The van der Waals surface area contributed by atoms with E-state index in [0.29, 0.717) is 25.3 Å². The van der Waals surface area contributed by atoms with Crippen LogP contribution >= 0.6 is 0 Å². The number of carbonyl (C=O) groups is 1. The molecule has 0 saturated heterocycles. The zero-order chi connectivity index (χ0) is 20.3. The smallest absolute Gasteiger partial charge is 0.254 e. The molecule has 0 saturated carbocycles. The lowest BCUT2D eigenvalue weighted by Gasteiger charge is -2.24. The molecule has 0 bridgehead atoms. The Labute approximate surface area is 175 Å². The molecule has 0 N–H and O–H groups in total. The van der Waals surface area contributed by atoms with Crippen molar-refractivity contribution in [2.75, 3.05) is 19.9 Å². The molecule has 2 aliphatic heterocycles.